The fourth-order valence-corrected chi connectivity index (χ4v) is 6.85. The highest BCUT2D eigenvalue weighted by molar-refractivity contribution is 7.88. The van der Waals surface area contributed by atoms with Crippen molar-refractivity contribution in [2.24, 2.45) is 17.3 Å². The lowest BCUT2D eigenvalue weighted by molar-refractivity contribution is -0.115. The topological polar surface area (TPSA) is 94.9 Å². The zero-order valence-electron chi connectivity index (χ0n) is 15.8. The van der Waals surface area contributed by atoms with Crippen molar-refractivity contribution in [3.63, 3.8) is 0 Å². The van der Waals surface area contributed by atoms with Crippen LogP contribution in [-0.2, 0) is 21.5 Å². The van der Waals surface area contributed by atoms with Gasteiger partial charge >= 0.3 is 10.3 Å². The third-order valence-corrected chi connectivity index (χ3v) is 8.34. The third kappa shape index (κ3) is 2.91. The highest BCUT2D eigenvalue weighted by atomic mass is 32.2. The van der Waals surface area contributed by atoms with Crippen molar-refractivity contribution in [3.05, 3.63) is 29.3 Å². The number of hydrogen-bond donors (Lipinski definition) is 2. The van der Waals surface area contributed by atoms with Crippen LogP contribution in [0.3, 0.4) is 0 Å². The van der Waals surface area contributed by atoms with E-state index in [-0.39, 0.29) is 17.2 Å². The van der Waals surface area contributed by atoms with Crippen LogP contribution < -0.4 is 4.31 Å². The van der Waals surface area contributed by atoms with E-state index in [4.69, 9.17) is 0 Å². The number of fused-ring (bicyclic) bond motifs is 5. The van der Waals surface area contributed by atoms with Gasteiger partial charge in [0.2, 0.25) is 5.91 Å². The second kappa shape index (κ2) is 6.29. The lowest BCUT2D eigenvalue weighted by Crippen LogP contribution is -2.44. The van der Waals surface area contributed by atoms with E-state index < -0.39 is 16.2 Å². The van der Waals surface area contributed by atoms with Crippen molar-refractivity contribution in [1.29, 1.82) is 0 Å². The standard InChI is InChI=1S/C20H27NO5S/c1-12(22)21(27(24,25)26)14-4-6-15-13(11-14)3-5-17-16(15)9-10-20(2)18(17)7-8-19(20)23/h4,6,11,16-19,23H,3,5,7-10H2,1-2H3,(H,24,25,26)/t16?,17?,18?,19?,20-/m0/s1. The fraction of sp³-hybridized carbons (Fsp3) is 0.650. The Bertz CT molecular complexity index is 882. The number of amides is 1. The van der Waals surface area contributed by atoms with Crippen molar-refractivity contribution in [3.8, 4) is 0 Å². The second-order valence-corrected chi connectivity index (χ2v) is 9.96. The maximum Gasteiger partial charge on any atom is 0.366 e. The third-order valence-electron chi connectivity index (χ3n) is 7.41. The molecule has 3 aliphatic rings. The van der Waals surface area contributed by atoms with Crippen LogP contribution in [-0.4, -0.2) is 30.1 Å². The van der Waals surface area contributed by atoms with Crippen LogP contribution in [0, 0.1) is 17.3 Å². The minimum absolute atomic E-state index is 0.0228. The molecule has 0 radical (unpaired) electrons. The van der Waals surface area contributed by atoms with Crippen LogP contribution in [0.15, 0.2) is 18.2 Å². The van der Waals surface area contributed by atoms with Gasteiger partial charge in [0.05, 0.1) is 11.8 Å². The first-order valence-corrected chi connectivity index (χ1v) is 11.1. The van der Waals surface area contributed by atoms with Crippen molar-refractivity contribution < 1.29 is 22.9 Å². The summed E-state index contributed by atoms with van der Waals surface area (Å²) < 4.78 is 33.0. The van der Waals surface area contributed by atoms with Crippen molar-refractivity contribution in [2.45, 2.75) is 64.4 Å². The molecule has 7 heteroatoms. The van der Waals surface area contributed by atoms with Crippen LogP contribution in [0.2, 0.25) is 0 Å². The summed E-state index contributed by atoms with van der Waals surface area (Å²) in [6, 6.07) is 5.28. The predicted octanol–water partition coefficient (Wildman–Crippen LogP) is 3.06. The molecule has 1 aromatic carbocycles. The normalized spacial score (nSPS) is 35.1. The van der Waals surface area contributed by atoms with Gasteiger partial charge < -0.3 is 5.11 Å². The summed E-state index contributed by atoms with van der Waals surface area (Å²) in [6.07, 6.45) is 5.63. The van der Waals surface area contributed by atoms with Crippen molar-refractivity contribution in [2.75, 3.05) is 4.31 Å². The molecule has 4 rings (SSSR count). The molecule has 6 nitrogen and oxygen atoms in total. The average Bonchev–Trinajstić information content (AvgIpc) is 2.88. The number of benzene rings is 1. The van der Waals surface area contributed by atoms with Gasteiger partial charge in [-0.1, -0.05) is 13.0 Å². The van der Waals surface area contributed by atoms with E-state index in [2.05, 4.69) is 6.92 Å². The summed E-state index contributed by atoms with van der Waals surface area (Å²) in [5.74, 6) is 0.762. The van der Waals surface area contributed by atoms with Gasteiger partial charge in [0.15, 0.2) is 0 Å². The first kappa shape index (κ1) is 18.9. The Kier molecular flexibility index (Phi) is 4.40. The van der Waals surface area contributed by atoms with Gasteiger partial charge in [-0.05, 0) is 85.0 Å². The van der Waals surface area contributed by atoms with E-state index >= 15 is 0 Å². The Labute approximate surface area is 160 Å². The number of hydrogen-bond acceptors (Lipinski definition) is 4. The molecule has 0 bridgehead atoms. The van der Waals surface area contributed by atoms with E-state index in [9.17, 15) is 22.9 Å². The quantitative estimate of drug-likeness (QED) is 0.753. The Morgan fingerprint density at radius 3 is 2.63 bits per heavy atom. The van der Waals surface area contributed by atoms with Gasteiger partial charge in [0.1, 0.15) is 0 Å². The van der Waals surface area contributed by atoms with Crippen LogP contribution in [0.4, 0.5) is 5.69 Å². The lowest BCUT2D eigenvalue weighted by atomic mass is 9.55. The first-order chi connectivity index (χ1) is 12.6. The van der Waals surface area contributed by atoms with Crippen LogP contribution in [0.1, 0.15) is 63.0 Å². The maximum atomic E-state index is 11.7. The Morgan fingerprint density at radius 1 is 1.22 bits per heavy atom. The molecular formula is C20H27NO5S. The monoisotopic (exact) mass is 393 g/mol. The second-order valence-electron chi connectivity index (χ2n) is 8.70. The molecule has 2 fully saturated rings. The molecule has 4 unspecified atom stereocenters. The van der Waals surface area contributed by atoms with Gasteiger partial charge in [-0.25, -0.2) is 0 Å². The summed E-state index contributed by atoms with van der Waals surface area (Å²) in [7, 11) is -4.64. The molecular weight excluding hydrogens is 366 g/mol. The van der Waals surface area contributed by atoms with E-state index in [1.54, 1.807) is 12.1 Å². The highest BCUT2D eigenvalue weighted by Gasteiger charge is 2.54. The van der Waals surface area contributed by atoms with Gasteiger partial charge in [0.25, 0.3) is 0 Å². The van der Waals surface area contributed by atoms with Gasteiger partial charge in [-0.3, -0.25) is 9.35 Å². The molecule has 2 saturated carbocycles. The van der Waals surface area contributed by atoms with Crippen molar-refractivity contribution in [1.82, 2.24) is 0 Å². The number of carbonyl (C=O) groups is 1. The number of aliphatic hydroxyl groups is 1. The first-order valence-electron chi connectivity index (χ1n) is 9.72. The summed E-state index contributed by atoms with van der Waals surface area (Å²) >= 11 is 0. The van der Waals surface area contributed by atoms with E-state index in [0.717, 1.165) is 51.0 Å². The Morgan fingerprint density at radius 2 is 1.96 bits per heavy atom. The largest absolute Gasteiger partial charge is 0.393 e. The number of rotatable bonds is 2. The van der Waals surface area contributed by atoms with E-state index in [1.165, 1.54) is 5.56 Å². The summed E-state index contributed by atoms with van der Waals surface area (Å²) in [6.45, 7) is 3.36. The molecule has 0 aliphatic heterocycles. The maximum absolute atomic E-state index is 11.7. The smallest absolute Gasteiger partial charge is 0.366 e. The Hall–Kier alpha value is -1.44. The molecule has 0 aromatic heterocycles. The summed E-state index contributed by atoms with van der Waals surface area (Å²) in [5, 5.41) is 10.5. The predicted molar refractivity (Wildman–Crippen MR) is 102 cm³/mol. The fourth-order valence-electron chi connectivity index (χ4n) is 6.14. The minimum atomic E-state index is -4.64. The average molecular weight is 394 g/mol. The SMILES string of the molecule is CC(=O)N(c1ccc2c(c1)CCC1C2CC[C@]2(C)C(O)CCC12)S(=O)(=O)O. The molecule has 0 heterocycles. The number of aryl methyl sites for hydroxylation is 1. The lowest BCUT2D eigenvalue weighted by Gasteiger charge is -2.50. The molecule has 0 saturated heterocycles. The minimum Gasteiger partial charge on any atom is -0.393 e. The van der Waals surface area contributed by atoms with Crippen LogP contribution in [0.25, 0.3) is 0 Å². The van der Waals surface area contributed by atoms with E-state index in [0.29, 0.717) is 22.1 Å². The highest BCUT2D eigenvalue weighted by Crippen LogP contribution is 2.60. The van der Waals surface area contributed by atoms with Crippen LogP contribution >= 0.6 is 0 Å². The zero-order valence-corrected chi connectivity index (χ0v) is 16.6. The zero-order chi connectivity index (χ0) is 19.6. The molecule has 148 valence electrons. The molecule has 2 N–H and O–H groups in total. The molecule has 1 aromatic rings. The summed E-state index contributed by atoms with van der Waals surface area (Å²) in [5.41, 5.74) is 2.51. The molecule has 5 atom stereocenters. The van der Waals surface area contributed by atoms with Gasteiger partial charge in [0, 0.05) is 6.92 Å². The number of nitrogens with zero attached hydrogens (tertiary/aromatic N) is 1. The molecule has 0 spiro atoms. The number of carbonyl (C=O) groups excluding carboxylic acids is 1. The number of aliphatic hydroxyl groups excluding tert-OH is 1. The van der Waals surface area contributed by atoms with Crippen molar-refractivity contribution >= 4 is 21.9 Å². The molecule has 1 amide bonds. The molecule has 3 aliphatic carbocycles. The number of anilines is 1. The Balaban J connectivity index is 1.68. The molecule has 27 heavy (non-hydrogen) atoms. The van der Waals surface area contributed by atoms with Crippen LogP contribution in [0.5, 0.6) is 0 Å². The van der Waals surface area contributed by atoms with E-state index in [1.807, 2.05) is 6.07 Å². The van der Waals surface area contributed by atoms with Gasteiger partial charge in [-0.15, -0.1) is 0 Å². The van der Waals surface area contributed by atoms with Gasteiger partial charge in [-0.2, -0.15) is 12.7 Å². The summed E-state index contributed by atoms with van der Waals surface area (Å²) in [4.78, 5) is 11.7.